The van der Waals surface area contributed by atoms with Crippen molar-refractivity contribution in [1.82, 2.24) is 4.98 Å². The number of aromatic nitrogens is 1. The van der Waals surface area contributed by atoms with E-state index in [0.717, 1.165) is 27.6 Å². The molecule has 0 saturated heterocycles. The van der Waals surface area contributed by atoms with Crippen LogP contribution in [0.4, 0.5) is 5.69 Å². The first-order valence-corrected chi connectivity index (χ1v) is 6.91. The zero-order chi connectivity index (χ0) is 13.4. The first kappa shape index (κ1) is 12.2. The Labute approximate surface area is 119 Å². The van der Waals surface area contributed by atoms with Crippen LogP contribution in [-0.4, -0.2) is 4.98 Å². The van der Waals surface area contributed by atoms with E-state index in [9.17, 15) is 0 Å². The smallest absolute Gasteiger partial charge is 0.228 e. The fraction of sp³-hybridized carbons (Fsp3) is 0.133. The molecule has 19 heavy (non-hydrogen) atoms. The Morgan fingerprint density at radius 1 is 1.21 bits per heavy atom. The lowest BCUT2D eigenvalue weighted by atomic mass is 10.1. The summed E-state index contributed by atoms with van der Waals surface area (Å²) in [6.45, 7) is 2.12. The molecular formula is C15H13BrN2O. The maximum absolute atomic E-state index is 5.79. The molecule has 4 heteroatoms. The zero-order valence-electron chi connectivity index (χ0n) is 10.5. The molecule has 1 heterocycles. The number of rotatable bonds is 2. The van der Waals surface area contributed by atoms with Gasteiger partial charge in [-0.05, 0) is 58.2 Å². The van der Waals surface area contributed by atoms with Crippen molar-refractivity contribution in [3.05, 3.63) is 46.4 Å². The van der Waals surface area contributed by atoms with Gasteiger partial charge in [0.1, 0.15) is 5.52 Å². The molecule has 0 atom stereocenters. The number of hydrogen-bond acceptors (Lipinski definition) is 3. The van der Waals surface area contributed by atoms with Gasteiger partial charge in [-0.1, -0.05) is 13.0 Å². The molecule has 2 aromatic carbocycles. The third kappa shape index (κ3) is 2.24. The fourth-order valence-electron chi connectivity index (χ4n) is 2.01. The quantitative estimate of drug-likeness (QED) is 0.713. The van der Waals surface area contributed by atoms with Crippen molar-refractivity contribution in [3.8, 4) is 11.5 Å². The molecule has 0 fully saturated rings. The van der Waals surface area contributed by atoms with Crippen LogP contribution in [0, 0.1) is 0 Å². The van der Waals surface area contributed by atoms with Crippen LogP contribution in [0.5, 0.6) is 0 Å². The standard InChI is InChI=1S/C15H13BrN2O/c1-2-9-3-6-14-13(7-9)18-15(19-14)11-5-4-10(17)8-12(11)16/h3-8H,2,17H2,1H3. The minimum atomic E-state index is 0.607. The van der Waals surface area contributed by atoms with Gasteiger partial charge in [-0.3, -0.25) is 0 Å². The van der Waals surface area contributed by atoms with Gasteiger partial charge in [-0.2, -0.15) is 0 Å². The first-order valence-electron chi connectivity index (χ1n) is 6.12. The van der Waals surface area contributed by atoms with Crippen molar-refractivity contribution in [2.75, 3.05) is 5.73 Å². The molecule has 0 aliphatic rings. The minimum absolute atomic E-state index is 0.607. The van der Waals surface area contributed by atoms with Crippen LogP contribution in [0.3, 0.4) is 0 Å². The Bertz CT molecular complexity index is 749. The highest BCUT2D eigenvalue weighted by Crippen LogP contribution is 2.31. The Kier molecular flexibility index (Phi) is 3.03. The summed E-state index contributed by atoms with van der Waals surface area (Å²) in [6, 6.07) is 11.7. The normalized spacial score (nSPS) is 11.1. The monoisotopic (exact) mass is 316 g/mol. The Hall–Kier alpha value is -1.81. The van der Waals surface area contributed by atoms with E-state index < -0.39 is 0 Å². The number of halogens is 1. The van der Waals surface area contributed by atoms with Crippen LogP contribution in [0.1, 0.15) is 12.5 Å². The van der Waals surface area contributed by atoms with Crippen LogP contribution in [0.25, 0.3) is 22.6 Å². The van der Waals surface area contributed by atoms with Gasteiger partial charge < -0.3 is 10.2 Å². The maximum Gasteiger partial charge on any atom is 0.228 e. The molecule has 0 spiro atoms. The van der Waals surface area contributed by atoms with E-state index in [4.69, 9.17) is 10.2 Å². The second kappa shape index (κ2) is 4.70. The summed E-state index contributed by atoms with van der Waals surface area (Å²) in [4.78, 5) is 4.54. The summed E-state index contributed by atoms with van der Waals surface area (Å²) in [5.41, 5.74) is 10.3. The minimum Gasteiger partial charge on any atom is -0.436 e. The molecule has 1 aromatic heterocycles. The van der Waals surface area contributed by atoms with Gasteiger partial charge in [0, 0.05) is 10.2 Å². The predicted molar refractivity (Wildman–Crippen MR) is 80.9 cm³/mol. The van der Waals surface area contributed by atoms with E-state index in [1.54, 1.807) is 0 Å². The van der Waals surface area contributed by atoms with Gasteiger partial charge in [-0.15, -0.1) is 0 Å². The number of aryl methyl sites for hydroxylation is 1. The van der Waals surface area contributed by atoms with Crippen LogP contribution in [0.15, 0.2) is 45.3 Å². The molecule has 3 aromatic rings. The SMILES string of the molecule is CCc1ccc2oc(-c3ccc(N)cc3Br)nc2c1. The molecule has 0 amide bonds. The predicted octanol–water partition coefficient (Wildman–Crippen LogP) is 4.40. The third-order valence-corrected chi connectivity index (χ3v) is 3.74. The number of oxazole rings is 1. The van der Waals surface area contributed by atoms with Gasteiger partial charge in [0.2, 0.25) is 5.89 Å². The fourth-order valence-corrected chi connectivity index (χ4v) is 2.58. The summed E-state index contributed by atoms with van der Waals surface area (Å²) < 4.78 is 6.68. The number of fused-ring (bicyclic) bond motifs is 1. The molecule has 0 radical (unpaired) electrons. The Morgan fingerprint density at radius 3 is 2.79 bits per heavy atom. The number of benzene rings is 2. The number of hydrogen-bond donors (Lipinski definition) is 1. The lowest BCUT2D eigenvalue weighted by molar-refractivity contribution is 0.619. The van der Waals surface area contributed by atoms with Crippen molar-refractivity contribution in [3.63, 3.8) is 0 Å². The van der Waals surface area contributed by atoms with Crippen molar-refractivity contribution in [1.29, 1.82) is 0 Å². The Balaban J connectivity index is 2.14. The topological polar surface area (TPSA) is 52.0 Å². The van der Waals surface area contributed by atoms with Crippen molar-refractivity contribution in [2.24, 2.45) is 0 Å². The number of nitrogen functional groups attached to an aromatic ring is 1. The molecule has 0 saturated carbocycles. The lowest BCUT2D eigenvalue weighted by Gasteiger charge is -2.00. The molecule has 0 aliphatic carbocycles. The average molecular weight is 317 g/mol. The highest BCUT2D eigenvalue weighted by atomic mass is 79.9. The number of anilines is 1. The first-order chi connectivity index (χ1) is 9.17. The number of nitrogens with two attached hydrogens (primary N) is 1. The van der Waals surface area contributed by atoms with E-state index in [1.807, 2.05) is 24.3 Å². The summed E-state index contributed by atoms with van der Waals surface area (Å²) in [5, 5.41) is 0. The summed E-state index contributed by atoms with van der Waals surface area (Å²) in [6.07, 6.45) is 0.990. The van der Waals surface area contributed by atoms with E-state index in [0.29, 0.717) is 11.6 Å². The van der Waals surface area contributed by atoms with E-state index in [1.165, 1.54) is 5.56 Å². The van der Waals surface area contributed by atoms with Gasteiger partial charge in [0.25, 0.3) is 0 Å². The van der Waals surface area contributed by atoms with Crippen molar-refractivity contribution < 1.29 is 4.42 Å². The average Bonchev–Trinajstić information content (AvgIpc) is 2.80. The van der Waals surface area contributed by atoms with Crippen molar-refractivity contribution in [2.45, 2.75) is 13.3 Å². The molecule has 96 valence electrons. The van der Waals surface area contributed by atoms with E-state index in [-0.39, 0.29) is 0 Å². The maximum atomic E-state index is 5.79. The van der Waals surface area contributed by atoms with Gasteiger partial charge in [-0.25, -0.2) is 4.98 Å². The van der Waals surface area contributed by atoms with Crippen LogP contribution >= 0.6 is 15.9 Å². The van der Waals surface area contributed by atoms with Gasteiger partial charge in [0.15, 0.2) is 5.58 Å². The molecule has 3 rings (SSSR count). The molecule has 2 N–H and O–H groups in total. The third-order valence-electron chi connectivity index (χ3n) is 3.08. The van der Waals surface area contributed by atoms with E-state index in [2.05, 4.69) is 40.0 Å². The van der Waals surface area contributed by atoms with Crippen molar-refractivity contribution >= 4 is 32.7 Å². The zero-order valence-corrected chi connectivity index (χ0v) is 12.1. The molecule has 0 bridgehead atoms. The number of nitrogens with zero attached hydrogens (tertiary/aromatic N) is 1. The van der Waals surface area contributed by atoms with Crippen LogP contribution in [-0.2, 0) is 6.42 Å². The Morgan fingerprint density at radius 2 is 2.05 bits per heavy atom. The van der Waals surface area contributed by atoms with Gasteiger partial charge >= 0.3 is 0 Å². The second-order valence-corrected chi connectivity index (χ2v) is 5.27. The van der Waals surface area contributed by atoms with Crippen LogP contribution in [0.2, 0.25) is 0 Å². The summed E-state index contributed by atoms with van der Waals surface area (Å²) >= 11 is 3.49. The highest BCUT2D eigenvalue weighted by molar-refractivity contribution is 9.10. The summed E-state index contributed by atoms with van der Waals surface area (Å²) in [5.74, 6) is 0.607. The lowest BCUT2D eigenvalue weighted by Crippen LogP contribution is -1.86. The molecule has 0 aliphatic heterocycles. The molecule has 0 unspecified atom stereocenters. The van der Waals surface area contributed by atoms with Gasteiger partial charge in [0.05, 0.1) is 5.56 Å². The highest BCUT2D eigenvalue weighted by Gasteiger charge is 2.11. The second-order valence-electron chi connectivity index (χ2n) is 4.41. The largest absolute Gasteiger partial charge is 0.436 e. The molecule has 3 nitrogen and oxygen atoms in total. The summed E-state index contributed by atoms with van der Waals surface area (Å²) in [7, 11) is 0. The van der Waals surface area contributed by atoms with E-state index >= 15 is 0 Å². The van der Waals surface area contributed by atoms with Crippen LogP contribution < -0.4 is 5.73 Å². The molecular weight excluding hydrogens is 304 g/mol.